The zero-order chi connectivity index (χ0) is 14.0. The SMILES string of the molecule is COC(=O)C1COCCN1C(=O)c1cc(Cl)cn1C. The summed E-state index contributed by atoms with van der Waals surface area (Å²) in [6.45, 7) is 0.898. The second-order valence-corrected chi connectivity index (χ2v) is 4.70. The number of hydrogen-bond acceptors (Lipinski definition) is 4. The summed E-state index contributed by atoms with van der Waals surface area (Å²) in [5.74, 6) is -0.735. The molecule has 0 radical (unpaired) electrons. The first-order valence-electron chi connectivity index (χ1n) is 5.83. The second kappa shape index (κ2) is 5.63. The predicted molar refractivity (Wildman–Crippen MR) is 68.1 cm³/mol. The molecule has 6 nitrogen and oxygen atoms in total. The second-order valence-electron chi connectivity index (χ2n) is 4.27. The maximum atomic E-state index is 12.4. The smallest absolute Gasteiger partial charge is 0.331 e. The number of halogens is 1. The standard InChI is InChI=1S/C12H15ClN2O4/c1-14-6-8(13)5-9(14)11(16)15-3-4-19-7-10(15)12(17)18-2/h5-6,10H,3-4,7H2,1-2H3. The molecular weight excluding hydrogens is 272 g/mol. The topological polar surface area (TPSA) is 60.8 Å². The van der Waals surface area contributed by atoms with Gasteiger partial charge in [0.2, 0.25) is 0 Å². The Labute approximate surface area is 115 Å². The van der Waals surface area contributed by atoms with Gasteiger partial charge in [-0.05, 0) is 6.07 Å². The molecule has 19 heavy (non-hydrogen) atoms. The monoisotopic (exact) mass is 286 g/mol. The molecule has 1 fully saturated rings. The Morgan fingerprint density at radius 3 is 2.84 bits per heavy atom. The van der Waals surface area contributed by atoms with Crippen LogP contribution in [0.15, 0.2) is 12.3 Å². The Kier molecular flexibility index (Phi) is 4.11. The quantitative estimate of drug-likeness (QED) is 0.751. The molecule has 0 bridgehead atoms. The van der Waals surface area contributed by atoms with Crippen molar-refractivity contribution >= 4 is 23.5 Å². The van der Waals surface area contributed by atoms with Crippen LogP contribution >= 0.6 is 11.6 Å². The first-order valence-corrected chi connectivity index (χ1v) is 6.20. The normalized spacial score (nSPS) is 19.3. The van der Waals surface area contributed by atoms with Crippen LogP contribution in [0.4, 0.5) is 0 Å². The van der Waals surface area contributed by atoms with Gasteiger partial charge in [0.15, 0.2) is 6.04 Å². The van der Waals surface area contributed by atoms with Gasteiger partial charge < -0.3 is 18.9 Å². The van der Waals surface area contributed by atoms with Gasteiger partial charge >= 0.3 is 5.97 Å². The van der Waals surface area contributed by atoms with E-state index in [1.54, 1.807) is 23.9 Å². The summed E-state index contributed by atoms with van der Waals surface area (Å²) in [5.41, 5.74) is 0.431. The summed E-state index contributed by atoms with van der Waals surface area (Å²) in [6.07, 6.45) is 1.64. The molecule has 7 heteroatoms. The van der Waals surface area contributed by atoms with Crippen LogP contribution in [0.25, 0.3) is 0 Å². The van der Waals surface area contributed by atoms with Crippen molar-refractivity contribution in [2.45, 2.75) is 6.04 Å². The first-order chi connectivity index (χ1) is 9.04. The summed E-state index contributed by atoms with van der Waals surface area (Å²) in [6, 6.07) is 0.869. The van der Waals surface area contributed by atoms with E-state index in [9.17, 15) is 9.59 Å². The van der Waals surface area contributed by atoms with Gasteiger partial charge in [-0.3, -0.25) is 4.79 Å². The van der Waals surface area contributed by atoms with Crippen LogP contribution in [0.3, 0.4) is 0 Å². The van der Waals surface area contributed by atoms with E-state index in [4.69, 9.17) is 21.1 Å². The molecule has 1 saturated heterocycles. The number of aromatic nitrogens is 1. The van der Waals surface area contributed by atoms with Crippen LogP contribution < -0.4 is 0 Å². The summed E-state index contributed by atoms with van der Waals surface area (Å²) >= 11 is 5.87. The average Bonchev–Trinajstić information content (AvgIpc) is 2.76. The van der Waals surface area contributed by atoms with Crippen molar-refractivity contribution in [1.82, 2.24) is 9.47 Å². The number of aryl methyl sites for hydroxylation is 1. The van der Waals surface area contributed by atoms with Gasteiger partial charge in [0, 0.05) is 19.8 Å². The molecule has 2 heterocycles. The van der Waals surface area contributed by atoms with E-state index < -0.39 is 12.0 Å². The highest BCUT2D eigenvalue weighted by Crippen LogP contribution is 2.18. The molecule has 0 N–H and O–H groups in total. The number of ether oxygens (including phenoxy) is 2. The Morgan fingerprint density at radius 1 is 1.53 bits per heavy atom. The number of nitrogens with zero attached hydrogens (tertiary/aromatic N) is 2. The van der Waals surface area contributed by atoms with Gasteiger partial charge in [-0.2, -0.15) is 0 Å². The molecule has 0 aliphatic carbocycles. The molecule has 0 aromatic carbocycles. The number of morpholine rings is 1. The Balaban J connectivity index is 2.25. The summed E-state index contributed by atoms with van der Waals surface area (Å²) < 4.78 is 11.6. The molecular formula is C12H15ClN2O4. The highest BCUT2D eigenvalue weighted by Gasteiger charge is 2.35. The van der Waals surface area contributed by atoms with Gasteiger partial charge in [-0.15, -0.1) is 0 Å². The fourth-order valence-electron chi connectivity index (χ4n) is 2.06. The number of rotatable bonds is 2. The summed E-state index contributed by atoms with van der Waals surface area (Å²) in [7, 11) is 3.02. The third-order valence-electron chi connectivity index (χ3n) is 3.05. The van der Waals surface area contributed by atoms with E-state index in [1.165, 1.54) is 12.0 Å². The van der Waals surface area contributed by atoms with E-state index in [-0.39, 0.29) is 12.5 Å². The third kappa shape index (κ3) is 2.74. The first kappa shape index (κ1) is 13.9. The lowest BCUT2D eigenvalue weighted by Crippen LogP contribution is -2.53. The zero-order valence-corrected chi connectivity index (χ0v) is 11.5. The summed E-state index contributed by atoms with van der Waals surface area (Å²) in [4.78, 5) is 25.6. The average molecular weight is 287 g/mol. The van der Waals surface area contributed by atoms with Crippen molar-refractivity contribution in [1.29, 1.82) is 0 Å². The van der Waals surface area contributed by atoms with Crippen molar-refractivity contribution < 1.29 is 19.1 Å². The van der Waals surface area contributed by atoms with Crippen LogP contribution in [-0.2, 0) is 21.3 Å². The van der Waals surface area contributed by atoms with Crippen LogP contribution in [0.1, 0.15) is 10.5 Å². The molecule has 1 aliphatic heterocycles. The van der Waals surface area contributed by atoms with Crippen molar-refractivity contribution in [3.63, 3.8) is 0 Å². The number of esters is 1. The van der Waals surface area contributed by atoms with Gasteiger partial charge in [0.1, 0.15) is 5.69 Å². The van der Waals surface area contributed by atoms with Crippen LogP contribution in [-0.4, -0.2) is 54.3 Å². The molecule has 0 saturated carbocycles. The summed E-state index contributed by atoms with van der Waals surface area (Å²) in [5, 5.41) is 0.480. The van der Waals surface area contributed by atoms with E-state index in [2.05, 4.69) is 0 Å². The lowest BCUT2D eigenvalue weighted by molar-refractivity contribution is -0.151. The van der Waals surface area contributed by atoms with Crippen LogP contribution in [0, 0.1) is 0 Å². The van der Waals surface area contributed by atoms with E-state index >= 15 is 0 Å². The fourth-order valence-corrected chi connectivity index (χ4v) is 2.31. The third-order valence-corrected chi connectivity index (χ3v) is 3.26. The predicted octanol–water partition coefficient (Wildman–Crippen LogP) is 0.692. The Hall–Kier alpha value is -1.53. The van der Waals surface area contributed by atoms with E-state index in [1.807, 2.05) is 0 Å². The number of amides is 1. The van der Waals surface area contributed by atoms with Crippen molar-refractivity contribution in [3.8, 4) is 0 Å². The minimum atomic E-state index is -0.708. The maximum absolute atomic E-state index is 12.4. The van der Waals surface area contributed by atoms with Crippen molar-refractivity contribution in [3.05, 3.63) is 23.0 Å². The zero-order valence-electron chi connectivity index (χ0n) is 10.8. The molecule has 1 aromatic heterocycles. The molecule has 1 atom stereocenters. The highest BCUT2D eigenvalue weighted by atomic mass is 35.5. The molecule has 1 amide bonds. The highest BCUT2D eigenvalue weighted by molar-refractivity contribution is 6.31. The van der Waals surface area contributed by atoms with E-state index in [0.29, 0.717) is 23.9 Å². The fraction of sp³-hybridized carbons (Fsp3) is 0.500. The van der Waals surface area contributed by atoms with E-state index in [0.717, 1.165) is 0 Å². The molecule has 1 unspecified atom stereocenters. The maximum Gasteiger partial charge on any atom is 0.331 e. The number of hydrogen-bond donors (Lipinski definition) is 0. The van der Waals surface area contributed by atoms with Gasteiger partial charge in [0.05, 0.1) is 25.3 Å². The molecule has 104 valence electrons. The van der Waals surface area contributed by atoms with Crippen LogP contribution in [0.2, 0.25) is 5.02 Å². The lowest BCUT2D eigenvalue weighted by Gasteiger charge is -2.33. The lowest BCUT2D eigenvalue weighted by atomic mass is 10.2. The Bertz CT molecular complexity index is 500. The van der Waals surface area contributed by atoms with Crippen LogP contribution in [0.5, 0.6) is 0 Å². The molecule has 1 aromatic rings. The Morgan fingerprint density at radius 2 is 2.26 bits per heavy atom. The molecule has 1 aliphatic rings. The van der Waals surface area contributed by atoms with Gasteiger partial charge in [0.25, 0.3) is 5.91 Å². The van der Waals surface area contributed by atoms with Gasteiger partial charge in [-0.25, -0.2) is 4.79 Å². The minimum Gasteiger partial charge on any atom is -0.467 e. The molecule has 2 rings (SSSR count). The largest absolute Gasteiger partial charge is 0.467 e. The number of carbonyl (C=O) groups is 2. The van der Waals surface area contributed by atoms with Gasteiger partial charge in [-0.1, -0.05) is 11.6 Å². The van der Waals surface area contributed by atoms with Crippen molar-refractivity contribution in [2.24, 2.45) is 7.05 Å². The number of carbonyl (C=O) groups excluding carboxylic acids is 2. The van der Waals surface area contributed by atoms with Crippen molar-refractivity contribution in [2.75, 3.05) is 26.9 Å². The number of methoxy groups -OCH3 is 1. The molecule has 0 spiro atoms. The minimum absolute atomic E-state index is 0.149.